The summed E-state index contributed by atoms with van der Waals surface area (Å²) >= 11 is 3.36. The molecule has 2 N–H and O–H groups in total. The lowest BCUT2D eigenvalue weighted by molar-refractivity contribution is 0.0950. The summed E-state index contributed by atoms with van der Waals surface area (Å²) < 4.78 is 11.3. The molecule has 6 heteroatoms. The van der Waals surface area contributed by atoms with Crippen molar-refractivity contribution in [1.82, 2.24) is 10.6 Å². The van der Waals surface area contributed by atoms with Gasteiger partial charge in [-0.05, 0) is 42.0 Å². The first-order valence-electron chi connectivity index (χ1n) is 5.66. The van der Waals surface area contributed by atoms with Crippen molar-refractivity contribution in [3.05, 3.63) is 22.2 Å². The summed E-state index contributed by atoms with van der Waals surface area (Å²) in [4.78, 5) is 12.0. The predicted octanol–water partition coefficient (Wildman–Crippen LogP) is 1.52. The summed E-state index contributed by atoms with van der Waals surface area (Å²) in [5.74, 6) is 1.11. The van der Waals surface area contributed by atoms with Gasteiger partial charge >= 0.3 is 0 Å². The van der Waals surface area contributed by atoms with E-state index < -0.39 is 0 Å². The largest absolute Gasteiger partial charge is 0.454 e. The van der Waals surface area contributed by atoms with E-state index in [1.54, 1.807) is 12.1 Å². The van der Waals surface area contributed by atoms with Crippen LogP contribution in [0.1, 0.15) is 17.3 Å². The van der Waals surface area contributed by atoms with E-state index in [-0.39, 0.29) is 18.7 Å². The van der Waals surface area contributed by atoms with Gasteiger partial charge in [0, 0.05) is 18.2 Å². The molecule has 0 bridgehead atoms. The highest BCUT2D eigenvalue weighted by Crippen LogP contribution is 2.39. The fourth-order valence-corrected chi connectivity index (χ4v) is 2.10. The van der Waals surface area contributed by atoms with Crippen LogP contribution in [0.15, 0.2) is 16.6 Å². The molecule has 0 aromatic heterocycles. The Bertz CT molecular complexity index is 465. The van der Waals surface area contributed by atoms with E-state index in [9.17, 15) is 4.79 Å². The Hall–Kier alpha value is -1.27. The van der Waals surface area contributed by atoms with Gasteiger partial charge in [0.1, 0.15) is 0 Å². The molecular weight excluding hydrogens is 300 g/mol. The maximum absolute atomic E-state index is 12.0. The Kier molecular flexibility index (Phi) is 4.08. The third-order valence-electron chi connectivity index (χ3n) is 2.75. The molecule has 2 rings (SSSR count). The fourth-order valence-electron chi connectivity index (χ4n) is 1.55. The van der Waals surface area contributed by atoms with Crippen LogP contribution in [0.5, 0.6) is 11.5 Å². The molecule has 1 aromatic rings. The predicted molar refractivity (Wildman–Crippen MR) is 71.1 cm³/mol. The first kappa shape index (κ1) is 13.2. The van der Waals surface area contributed by atoms with Crippen molar-refractivity contribution in [3.63, 3.8) is 0 Å². The van der Waals surface area contributed by atoms with Crippen LogP contribution in [0.4, 0.5) is 0 Å². The van der Waals surface area contributed by atoms with Crippen molar-refractivity contribution < 1.29 is 14.3 Å². The molecule has 5 nitrogen and oxygen atoms in total. The second kappa shape index (κ2) is 5.58. The third-order valence-corrected chi connectivity index (χ3v) is 3.34. The molecule has 0 saturated carbocycles. The van der Waals surface area contributed by atoms with Crippen LogP contribution in [-0.4, -0.2) is 32.3 Å². The number of nitrogens with one attached hydrogen (secondary N) is 2. The molecule has 0 saturated heterocycles. The number of hydrogen-bond donors (Lipinski definition) is 2. The second-order valence-electron chi connectivity index (χ2n) is 4.09. The zero-order valence-electron chi connectivity index (χ0n) is 10.2. The smallest absolute Gasteiger partial charge is 0.251 e. The quantitative estimate of drug-likeness (QED) is 0.884. The first-order chi connectivity index (χ1) is 8.61. The third kappa shape index (κ3) is 2.76. The van der Waals surface area contributed by atoms with Gasteiger partial charge in [-0.25, -0.2) is 0 Å². The molecule has 1 aliphatic heterocycles. The summed E-state index contributed by atoms with van der Waals surface area (Å²) in [6.07, 6.45) is 0. The van der Waals surface area contributed by atoms with E-state index in [1.807, 2.05) is 14.0 Å². The van der Waals surface area contributed by atoms with Crippen LogP contribution in [-0.2, 0) is 0 Å². The number of hydrogen-bond acceptors (Lipinski definition) is 4. The zero-order valence-corrected chi connectivity index (χ0v) is 11.8. The van der Waals surface area contributed by atoms with Gasteiger partial charge in [-0.3, -0.25) is 4.79 Å². The highest BCUT2D eigenvalue weighted by Gasteiger charge is 2.20. The molecule has 1 aromatic carbocycles. The Morgan fingerprint density at radius 2 is 2.28 bits per heavy atom. The van der Waals surface area contributed by atoms with Crippen molar-refractivity contribution in [3.8, 4) is 11.5 Å². The normalized spacial score (nSPS) is 14.4. The molecule has 0 fully saturated rings. The Morgan fingerprint density at radius 3 is 3.00 bits per heavy atom. The van der Waals surface area contributed by atoms with Gasteiger partial charge in [0.15, 0.2) is 11.5 Å². The number of fused-ring (bicyclic) bond motifs is 1. The van der Waals surface area contributed by atoms with E-state index in [4.69, 9.17) is 9.47 Å². The topological polar surface area (TPSA) is 59.6 Å². The number of halogens is 1. The molecule has 0 radical (unpaired) electrons. The van der Waals surface area contributed by atoms with Crippen LogP contribution < -0.4 is 20.1 Å². The fraction of sp³-hybridized carbons (Fsp3) is 0.417. The molecule has 98 valence electrons. The minimum absolute atomic E-state index is 0.129. The van der Waals surface area contributed by atoms with Gasteiger partial charge in [0.05, 0.1) is 4.47 Å². The van der Waals surface area contributed by atoms with Gasteiger partial charge in [-0.1, -0.05) is 0 Å². The Balaban J connectivity index is 2.09. The van der Waals surface area contributed by atoms with Crippen LogP contribution in [0, 0.1) is 0 Å². The summed E-state index contributed by atoms with van der Waals surface area (Å²) in [6, 6.07) is 3.64. The molecular formula is C12H15BrN2O3. The van der Waals surface area contributed by atoms with E-state index >= 15 is 0 Å². The first-order valence-corrected chi connectivity index (χ1v) is 6.45. The SMILES string of the molecule is CNC(C)CNC(=O)c1cc(Br)c2c(c1)OCO2. The molecule has 1 heterocycles. The van der Waals surface area contributed by atoms with Crippen molar-refractivity contribution in [2.45, 2.75) is 13.0 Å². The lowest BCUT2D eigenvalue weighted by Crippen LogP contribution is -2.37. The highest BCUT2D eigenvalue weighted by atomic mass is 79.9. The van der Waals surface area contributed by atoms with Crippen molar-refractivity contribution in [2.24, 2.45) is 0 Å². The average molecular weight is 315 g/mol. The number of likely N-dealkylation sites (N-methyl/N-ethyl adjacent to an activating group) is 1. The summed E-state index contributed by atoms with van der Waals surface area (Å²) in [5, 5.41) is 5.91. The number of carbonyl (C=O) groups is 1. The minimum atomic E-state index is -0.129. The van der Waals surface area contributed by atoms with Crippen molar-refractivity contribution in [2.75, 3.05) is 20.4 Å². The standard InChI is InChI=1S/C12H15BrN2O3/c1-7(14-2)5-15-12(16)8-3-9(13)11-10(4-8)17-6-18-11/h3-4,7,14H,5-6H2,1-2H3,(H,15,16). The van der Waals surface area contributed by atoms with Gasteiger partial charge in [-0.15, -0.1) is 0 Å². The lowest BCUT2D eigenvalue weighted by atomic mass is 10.2. The van der Waals surface area contributed by atoms with E-state index in [0.717, 1.165) is 4.47 Å². The number of rotatable bonds is 4. The molecule has 1 atom stereocenters. The van der Waals surface area contributed by atoms with Crippen LogP contribution in [0.25, 0.3) is 0 Å². The lowest BCUT2D eigenvalue weighted by Gasteiger charge is -2.11. The highest BCUT2D eigenvalue weighted by molar-refractivity contribution is 9.10. The minimum Gasteiger partial charge on any atom is -0.454 e. The summed E-state index contributed by atoms with van der Waals surface area (Å²) in [7, 11) is 1.86. The average Bonchev–Trinajstić information content (AvgIpc) is 2.84. The monoisotopic (exact) mass is 314 g/mol. The Morgan fingerprint density at radius 1 is 1.50 bits per heavy atom. The number of carbonyl (C=O) groups excluding carboxylic acids is 1. The molecule has 18 heavy (non-hydrogen) atoms. The van der Waals surface area contributed by atoms with Gasteiger partial charge < -0.3 is 20.1 Å². The molecule has 1 unspecified atom stereocenters. The summed E-state index contributed by atoms with van der Waals surface area (Å²) in [5.41, 5.74) is 0.550. The second-order valence-corrected chi connectivity index (χ2v) is 4.95. The maximum atomic E-state index is 12.0. The zero-order chi connectivity index (χ0) is 13.1. The van der Waals surface area contributed by atoms with Gasteiger partial charge in [0.25, 0.3) is 5.91 Å². The molecule has 1 aliphatic rings. The van der Waals surface area contributed by atoms with E-state index in [2.05, 4.69) is 26.6 Å². The van der Waals surface area contributed by atoms with Crippen molar-refractivity contribution in [1.29, 1.82) is 0 Å². The van der Waals surface area contributed by atoms with Crippen molar-refractivity contribution >= 4 is 21.8 Å². The van der Waals surface area contributed by atoms with E-state index in [1.165, 1.54) is 0 Å². The molecule has 1 amide bonds. The van der Waals surface area contributed by atoms with Crippen LogP contribution in [0.2, 0.25) is 0 Å². The summed E-state index contributed by atoms with van der Waals surface area (Å²) in [6.45, 7) is 2.76. The van der Waals surface area contributed by atoms with E-state index in [0.29, 0.717) is 23.6 Å². The van der Waals surface area contributed by atoms with Crippen LogP contribution >= 0.6 is 15.9 Å². The van der Waals surface area contributed by atoms with Crippen LogP contribution in [0.3, 0.4) is 0 Å². The number of benzene rings is 1. The maximum Gasteiger partial charge on any atom is 0.251 e. The number of amides is 1. The molecule has 0 aliphatic carbocycles. The number of ether oxygens (including phenoxy) is 2. The Labute approximate surface area is 114 Å². The van der Waals surface area contributed by atoms with Gasteiger partial charge in [0.2, 0.25) is 6.79 Å². The van der Waals surface area contributed by atoms with Gasteiger partial charge in [-0.2, -0.15) is 0 Å². The molecule has 0 spiro atoms.